The number of ether oxygens (including phenoxy) is 5. The quantitative estimate of drug-likeness (QED) is 0.217. The van der Waals surface area contributed by atoms with E-state index < -0.39 is 104 Å². The summed E-state index contributed by atoms with van der Waals surface area (Å²) in [6.07, 6.45) is -4.00. The van der Waals surface area contributed by atoms with E-state index in [2.05, 4.69) is 15.3 Å². The number of carbonyl (C=O) groups excluding carboxylic acids is 5. The Morgan fingerprint density at radius 3 is 2.12 bits per heavy atom. The predicted molar refractivity (Wildman–Crippen MR) is 139 cm³/mol. The second-order valence-corrected chi connectivity index (χ2v) is 10.9. The van der Waals surface area contributed by atoms with Gasteiger partial charge in [0.25, 0.3) is 5.16 Å². The summed E-state index contributed by atoms with van der Waals surface area (Å²) in [5, 5.41) is 0.937. The first kappa shape index (κ1) is 32.1. The first-order valence-corrected chi connectivity index (χ1v) is 14.2. The molecule has 0 bridgehead atoms. The second-order valence-electron chi connectivity index (χ2n) is 9.02. The molecule has 0 spiro atoms. The van der Waals surface area contributed by atoms with Gasteiger partial charge in [-0.05, 0) is 6.92 Å². The fourth-order valence-corrected chi connectivity index (χ4v) is 4.62. The van der Waals surface area contributed by atoms with Crippen molar-refractivity contribution in [3.05, 3.63) is 22.0 Å². The van der Waals surface area contributed by atoms with Crippen LogP contribution in [-0.4, -0.2) is 90.5 Å². The summed E-state index contributed by atoms with van der Waals surface area (Å²) in [6.45, 7) is 5.18. The van der Waals surface area contributed by atoms with Crippen LogP contribution in [0.5, 0.6) is 0 Å². The number of anilines is 1. The smallest absolute Gasteiger partial charge is 0.343 e. The van der Waals surface area contributed by atoms with Gasteiger partial charge in [0.05, 0.1) is 6.61 Å². The Morgan fingerprint density at radius 2 is 1.60 bits per heavy atom. The number of carbonyl (C=O) groups is 5. The molecule has 4 atom stereocenters. The van der Waals surface area contributed by atoms with Crippen molar-refractivity contribution in [3.8, 4) is 0 Å². The number of hydrogen-bond donors (Lipinski definition) is 1. The molecule has 0 saturated carbocycles. The largest absolute Gasteiger partial charge is 0.463 e. The van der Waals surface area contributed by atoms with E-state index in [0.717, 1.165) is 44.7 Å². The minimum atomic E-state index is -4.16. The standard InChI is InChI=1S/C24H28N4O13S/c1-7-37-23(34)14-8-28(21-16(17(14)33)20(25-10(2)29)26-24(27-21)42(6,35)36)22-19(40-13(5)32)18(39-12(4)31)15(41-22)9-38-11(3)30/h8,15,18-19,22H,7,9H2,1-6H3,(H,25,26,27,29)/t15-,18-,19-,22?/m1/s1. The molecule has 18 heteroatoms. The highest BCUT2D eigenvalue weighted by atomic mass is 32.2. The van der Waals surface area contributed by atoms with Crippen LogP contribution in [0.4, 0.5) is 5.82 Å². The summed E-state index contributed by atoms with van der Waals surface area (Å²) in [6, 6.07) is 0. The van der Waals surface area contributed by atoms with Crippen molar-refractivity contribution in [3.63, 3.8) is 0 Å². The highest BCUT2D eigenvalue weighted by molar-refractivity contribution is 7.90. The third kappa shape index (κ3) is 7.06. The molecule has 1 aliphatic heterocycles. The maximum absolute atomic E-state index is 13.5. The number of sulfone groups is 1. The molecule has 17 nitrogen and oxygen atoms in total. The number of nitrogens with one attached hydrogen (secondary N) is 1. The molecule has 1 unspecified atom stereocenters. The molecule has 228 valence electrons. The van der Waals surface area contributed by atoms with Gasteiger partial charge in [0.2, 0.25) is 21.2 Å². The van der Waals surface area contributed by atoms with Gasteiger partial charge in [-0.2, -0.15) is 9.97 Å². The molecule has 1 amide bonds. The minimum absolute atomic E-state index is 0.132. The zero-order valence-electron chi connectivity index (χ0n) is 23.4. The molecule has 1 fully saturated rings. The lowest BCUT2D eigenvalue weighted by atomic mass is 10.1. The molecule has 42 heavy (non-hydrogen) atoms. The third-order valence-corrected chi connectivity index (χ3v) is 6.44. The van der Waals surface area contributed by atoms with Crippen LogP contribution in [0.15, 0.2) is 16.1 Å². The average Bonchev–Trinajstić information content (AvgIpc) is 3.17. The number of nitrogens with zero attached hydrogens (tertiary/aromatic N) is 3. The van der Waals surface area contributed by atoms with Crippen LogP contribution in [0.3, 0.4) is 0 Å². The zero-order valence-corrected chi connectivity index (χ0v) is 24.2. The van der Waals surface area contributed by atoms with E-state index in [1.807, 2.05) is 0 Å². The first-order valence-electron chi connectivity index (χ1n) is 12.3. The van der Waals surface area contributed by atoms with Crippen LogP contribution in [0.2, 0.25) is 0 Å². The lowest BCUT2D eigenvalue weighted by Gasteiger charge is -2.25. The molecule has 3 heterocycles. The normalized spacial score (nSPS) is 20.0. The SMILES string of the molecule is CCOC(=O)c1cn(C2O[C@H](COC(C)=O)[C@@H](OC(C)=O)[C@H]2OC(C)=O)c2nc(S(C)(=O)=O)nc(NC(C)=O)c2c1=O. The van der Waals surface area contributed by atoms with Crippen molar-refractivity contribution >= 4 is 56.5 Å². The number of aromatic nitrogens is 3. The van der Waals surface area contributed by atoms with Crippen LogP contribution in [-0.2, 0) is 52.7 Å². The van der Waals surface area contributed by atoms with Crippen LogP contribution in [0.25, 0.3) is 11.0 Å². The summed E-state index contributed by atoms with van der Waals surface area (Å²) in [7, 11) is -4.16. The van der Waals surface area contributed by atoms with Gasteiger partial charge in [-0.15, -0.1) is 0 Å². The van der Waals surface area contributed by atoms with Gasteiger partial charge in [-0.3, -0.25) is 24.0 Å². The first-order chi connectivity index (χ1) is 19.5. The van der Waals surface area contributed by atoms with Crippen molar-refractivity contribution in [2.45, 2.75) is 64.3 Å². The van der Waals surface area contributed by atoms with Crippen molar-refractivity contribution in [2.24, 2.45) is 0 Å². The Labute approximate surface area is 238 Å². The summed E-state index contributed by atoms with van der Waals surface area (Å²) in [4.78, 5) is 81.8. The highest BCUT2D eigenvalue weighted by Gasteiger charge is 2.51. The van der Waals surface area contributed by atoms with Gasteiger partial charge in [-0.1, -0.05) is 0 Å². The van der Waals surface area contributed by atoms with Crippen LogP contribution in [0.1, 0.15) is 51.2 Å². The monoisotopic (exact) mass is 612 g/mol. The van der Waals surface area contributed by atoms with Gasteiger partial charge in [-0.25, -0.2) is 13.2 Å². The van der Waals surface area contributed by atoms with E-state index in [4.69, 9.17) is 23.7 Å². The molecule has 2 aromatic heterocycles. The van der Waals surface area contributed by atoms with Gasteiger partial charge >= 0.3 is 23.9 Å². The van der Waals surface area contributed by atoms with Crippen LogP contribution in [0, 0.1) is 0 Å². The summed E-state index contributed by atoms with van der Waals surface area (Å²) < 4.78 is 52.7. The maximum Gasteiger partial charge on any atom is 0.343 e. The van der Waals surface area contributed by atoms with E-state index in [1.54, 1.807) is 0 Å². The van der Waals surface area contributed by atoms with Crippen molar-refractivity contribution in [2.75, 3.05) is 24.8 Å². The van der Waals surface area contributed by atoms with Crippen molar-refractivity contribution in [1.29, 1.82) is 0 Å². The number of fused-ring (bicyclic) bond motifs is 1. The summed E-state index contributed by atoms with van der Waals surface area (Å²) in [5.41, 5.74) is -2.10. The zero-order chi connectivity index (χ0) is 31.5. The fraction of sp³-hybridized carbons (Fsp3) is 0.500. The van der Waals surface area contributed by atoms with E-state index in [-0.39, 0.29) is 6.61 Å². The van der Waals surface area contributed by atoms with E-state index in [0.29, 0.717) is 0 Å². The lowest BCUT2D eigenvalue weighted by Crippen LogP contribution is -2.40. The number of rotatable bonds is 9. The summed E-state index contributed by atoms with van der Waals surface area (Å²) >= 11 is 0. The third-order valence-electron chi connectivity index (χ3n) is 5.59. The number of pyridine rings is 1. The average molecular weight is 613 g/mol. The number of esters is 4. The number of hydrogen-bond acceptors (Lipinski definition) is 15. The predicted octanol–water partition coefficient (Wildman–Crippen LogP) is -0.346. The Kier molecular flexibility index (Phi) is 9.62. The molecule has 0 aliphatic carbocycles. The molecule has 1 aliphatic rings. The Morgan fingerprint density at radius 1 is 0.976 bits per heavy atom. The van der Waals surface area contributed by atoms with Crippen LogP contribution < -0.4 is 10.7 Å². The van der Waals surface area contributed by atoms with Gasteiger partial charge < -0.3 is 33.6 Å². The molecular formula is C24H28N4O13S. The van der Waals surface area contributed by atoms with Crippen LogP contribution >= 0.6 is 0 Å². The molecule has 3 rings (SSSR count). The van der Waals surface area contributed by atoms with Crippen molar-refractivity contribution in [1.82, 2.24) is 14.5 Å². The maximum atomic E-state index is 13.5. The Hall–Kier alpha value is -4.45. The highest BCUT2D eigenvalue weighted by Crippen LogP contribution is 2.36. The molecule has 0 radical (unpaired) electrons. The lowest BCUT2D eigenvalue weighted by molar-refractivity contribution is -0.166. The van der Waals surface area contributed by atoms with Gasteiger partial charge in [0, 0.05) is 40.1 Å². The molecular weight excluding hydrogens is 584 g/mol. The molecule has 2 aromatic rings. The second kappa shape index (κ2) is 12.6. The topological polar surface area (TPSA) is 225 Å². The molecule has 0 aromatic carbocycles. The van der Waals surface area contributed by atoms with Crippen molar-refractivity contribution < 1.29 is 56.1 Å². The molecule has 1 saturated heterocycles. The number of amides is 1. The van der Waals surface area contributed by atoms with E-state index >= 15 is 0 Å². The molecule has 1 N–H and O–H groups in total. The van der Waals surface area contributed by atoms with Gasteiger partial charge in [0.15, 0.2) is 29.9 Å². The fourth-order valence-electron chi connectivity index (χ4n) is 4.11. The van der Waals surface area contributed by atoms with E-state index in [1.165, 1.54) is 6.92 Å². The minimum Gasteiger partial charge on any atom is -0.463 e. The Bertz CT molecular complexity index is 1620. The summed E-state index contributed by atoms with van der Waals surface area (Å²) in [5.74, 6) is -4.78. The Balaban J connectivity index is 2.45. The van der Waals surface area contributed by atoms with E-state index in [9.17, 15) is 37.2 Å². The van der Waals surface area contributed by atoms with Gasteiger partial charge in [0.1, 0.15) is 23.7 Å².